The van der Waals surface area contributed by atoms with E-state index in [4.69, 9.17) is 4.74 Å². The predicted octanol–water partition coefficient (Wildman–Crippen LogP) is 3.24. The molecule has 0 unspecified atom stereocenters. The van der Waals surface area contributed by atoms with Gasteiger partial charge in [-0.2, -0.15) is 0 Å². The van der Waals surface area contributed by atoms with Crippen molar-refractivity contribution in [2.24, 2.45) is 0 Å². The summed E-state index contributed by atoms with van der Waals surface area (Å²) in [7, 11) is -3.64. The lowest BCUT2D eigenvalue weighted by Crippen LogP contribution is -2.36. The van der Waals surface area contributed by atoms with Crippen LogP contribution in [-0.4, -0.2) is 49.4 Å². The molecule has 8 nitrogen and oxygen atoms in total. The Balaban J connectivity index is 1.36. The lowest BCUT2D eigenvalue weighted by atomic mass is 9.96. The van der Waals surface area contributed by atoms with Gasteiger partial charge in [0.2, 0.25) is 10.0 Å². The van der Waals surface area contributed by atoms with Crippen molar-refractivity contribution in [3.8, 4) is 16.9 Å². The molecule has 2 atom stereocenters. The Morgan fingerprint density at radius 2 is 2.00 bits per heavy atom. The molecule has 2 heterocycles. The Kier molecular flexibility index (Phi) is 8.35. The topological polar surface area (TPSA) is 118 Å². The number of aliphatic hydroxyl groups is 1. The molecule has 1 aromatic heterocycles. The number of ether oxygens (including phenoxy) is 1. The van der Waals surface area contributed by atoms with Gasteiger partial charge in [-0.3, -0.25) is 9.78 Å². The number of hydrogen-bond acceptors (Lipinski definition) is 7. The number of aromatic nitrogens is 1. The van der Waals surface area contributed by atoms with E-state index in [2.05, 4.69) is 21.1 Å². The Labute approximate surface area is 211 Å². The van der Waals surface area contributed by atoms with E-state index in [-0.39, 0.29) is 11.9 Å². The van der Waals surface area contributed by atoms with Crippen molar-refractivity contribution in [1.82, 2.24) is 15.0 Å². The van der Waals surface area contributed by atoms with Gasteiger partial charge in [-0.25, -0.2) is 13.1 Å². The maximum absolute atomic E-state index is 12.5. The van der Waals surface area contributed by atoms with Gasteiger partial charge in [-0.1, -0.05) is 31.2 Å². The number of aryl methyl sites for hydroxylation is 1. The molecule has 0 fully saturated rings. The minimum Gasteiger partial charge on any atom is -0.489 e. The molecule has 0 saturated heterocycles. The molecule has 4 rings (SSSR count). The molecule has 1 aliphatic heterocycles. The Hall–Kier alpha value is -3.27. The number of nitrogens with zero attached hydrogens (tertiary/aromatic N) is 1. The largest absolute Gasteiger partial charge is 0.489 e. The zero-order chi connectivity index (χ0) is 25.5. The predicted molar refractivity (Wildman–Crippen MR) is 138 cm³/mol. The lowest BCUT2D eigenvalue weighted by molar-refractivity contribution is 0.0981. The van der Waals surface area contributed by atoms with Crippen molar-refractivity contribution < 1.29 is 23.1 Å². The summed E-state index contributed by atoms with van der Waals surface area (Å²) in [5.74, 6) is 0.102. The summed E-state index contributed by atoms with van der Waals surface area (Å²) in [6.45, 7) is 2.79. The molecular weight excluding hydrogens is 478 g/mol. The number of aliphatic hydroxyl groups excluding tert-OH is 1. The van der Waals surface area contributed by atoms with Crippen LogP contribution in [0.4, 0.5) is 0 Å². The third kappa shape index (κ3) is 6.69. The highest BCUT2D eigenvalue weighted by Crippen LogP contribution is 2.32. The molecule has 0 aliphatic carbocycles. The Bertz CT molecular complexity index is 1300. The second-order valence-corrected chi connectivity index (χ2v) is 10.7. The minimum atomic E-state index is -3.64. The molecule has 190 valence electrons. The number of sulfonamides is 1. The Morgan fingerprint density at radius 1 is 1.17 bits per heavy atom. The molecule has 3 N–H and O–H groups in total. The first-order valence-corrected chi connectivity index (χ1v) is 13.7. The van der Waals surface area contributed by atoms with Gasteiger partial charge < -0.3 is 15.2 Å². The molecule has 2 aromatic carbocycles. The van der Waals surface area contributed by atoms with E-state index in [1.165, 1.54) is 0 Å². The number of hydrogen-bond donors (Lipinski definition) is 3. The maximum Gasteiger partial charge on any atom is 0.264 e. The normalized spacial score (nSPS) is 16.0. The second kappa shape index (κ2) is 11.6. The summed E-state index contributed by atoms with van der Waals surface area (Å²) in [6, 6.07) is 16.5. The average Bonchev–Trinajstić information content (AvgIpc) is 2.88. The fourth-order valence-electron chi connectivity index (χ4n) is 4.20. The fourth-order valence-corrected chi connectivity index (χ4v) is 5.24. The molecule has 1 aliphatic rings. The zero-order valence-electron chi connectivity index (χ0n) is 20.2. The van der Waals surface area contributed by atoms with Crippen LogP contribution in [0.2, 0.25) is 0 Å². The van der Waals surface area contributed by atoms with Crippen molar-refractivity contribution in [3.05, 3.63) is 83.7 Å². The highest BCUT2D eigenvalue weighted by Gasteiger charge is 2.21. The van der Waals surface area contributed by atoms with Gasteiger partial charge in [0.05, 0.1) is 11.9 Å². The van der Waals surface area contributed by atoms with Gasteiger partial charge >= 0.3 is 0 Å². The van der Waals surface area contributed by atoms with E-state index in [9.17, 15) is 18.3 Å². The highest BCUT2D eigenvalue weighted by atomic mass is 32.2. The van der Waals surface area contributed by atoms with Crippen LogP contribution in [0.1, 0.15) is 47.4 Å². The van der Waals surface area contributed by atoms with E-state index in [0.717, 1.165) is 40.8 Å². The molecule has 3 aromatic rings. The number of fused-ring (bicyclic) bond motifs is 1. The van der Waals surface area contributed by atoms with Crippen LogP contribution in [-0.2, 0) is 16.4 Å². The van der Waals surface area contributed by atoms with Crippen molar-refractivity contribution in [2.45, 2.75) is 38.4 Å². The first-order valence-electron chi connectivity index (χ1n) is 12.1. The van der Waals surface area contributed by atoms with Crippen LogP contribution >= 0.6 is 0 Å². The summed E-state index contributed by atoms with van der Waals surface area (Å²) >= 11 is 0. The number of nitrogens with one attached hydrogen (secondary N) is 2. The van der Waals surface area contributed by atoms with Crippen LogP contribution < -0.4 is 14.8 Å². The van der Waals surface area contributed by atoms with Crippen LogP contribution in [0.3, 0.4) is 0 Å². The fraction of sp³-hybridized carbons (Fsp3) is 0.333. The van der Waals surface area contributed by atoms with Gasteiger partial charge in [-0.15, -0.1) is 0 Å². The third-order valence-corrected chi connectivity index (χ3v) is 7.49. The summed E-state index contributed by atoms with van der Waals surface area (Å²) in [5, 5.41) is 13.6. The number of carbonyl (C=O) groups excluding carboxylic acids is 1. The molecule has 1 amide bonds. The highest BCUT2D eigenvalue weighted by molar-refractivity contribution is 7.90. The van der Waals surface area contributed by atoms with E-state index >= 15 is 0 Å². The average molecular weight is 510 g/mol. The number of amides is 1. The summed E-state index contributed by atoms with van der Waals surface area (Å²) in [4.78, 5) is 16.5. The molecule has 0 spiro atoms. The van der Waals surface area contributed by atoms with Crippen LogP contribution in [0.5, 0.6) is 5.75 Å². The number of carbonyl (C=O) groups is 1. The first-order chi connectivity index (χ1) is 17.3. The molecule has 36 heavy (non-hydrogen) atoms. The molecular formula is C27H31N3O5S. The monoisotopic (exact) mass is 509 g/mol. The molecule has 0 bridgehead atoms. The third-order valence-electron chi connectivity index (χ3n) is 6.05. The maximum atomic E-state index is 12.5. The molecule has 0 radical (unpaired) electrons. The van der Waals surface area contributed by atoms with Crippen molar-refractivity contribution >= 4 is 15.9 Å². The SMILES string of the molecule is CCCS(=O)(=O)NC(=O)c1cccc(-c2ccc3c(c2)CC[C@H](CNC[C@H](O)c2cccnc2)O3)c1. The van der Waals surface area contributed by atoms with Gasteiger partial charge in [0.1, 0.15) is 11.9 Å². The molecule has 9 heteroatoms. The summed E-state index contributed by atoms with van der Waals surface area (Å²) < 4.78 is 32.2. The number of benzene rings is 2. The van der Waals surface area contributed by atoms with E-state index in [1.54, 1.807) is 43.6 Å². The standard InChI is InChI=1S/C27H31N3O5S/c1-2-13-36(33,34)30-27(32)22-6-3-5-19(15-22)20-9-11-26-21(14-20)8-10-24(35-26)17-29-18-25(31)23-7-4-12-28-16-23/h3-7,9,11-12,14-16,24-25,29,31H,2,8,10,13,17-18H2,1H3,(H,30,32)/t24-,25+/m1/s1. The van der Waals surface area contributed by atoms with Gasteiger partial charge in [-0.05, 0) is 66.3 Å². The van der Waals surface area contributed by atoms with Gasteiger partial charge in [0, 0.05) is 36.6 Å². The molecule has 0 saturated carbocycles. The number of rotatable bonds is 10. The van der Waals surface area contributed by atoms with Crippen molar-refractivity contribution in [1.29, 1.82) is 0 Å². The van der Waals surface area contributed by atoms with Crippen LogP contribution in [0, 0.1) is 0 Å². The minimum absolute atomic E-state index is 0.00143. The van der Waals surface area contributed by atoms with Crippen LogP contribution in [0.15, 0.2) is 67.0 Å². The van der Waals surface area contributed by atoms with Crippen molar-refractivity contribution in [3.63, 3.8) is 0 Å². The Morgan fingerprint density at radius 3 is 2.78 bits per heavy atom. The first kappa shape index (κ1) is 25.8. The van der Waals surface area contributed by atoms with E-state index in [0.29, 0.717) is 25.1 Å². The lowest BCUT2D eigenvalue weighted by Gasteiger charge is -2.27. The second-order valence-electron chi connectivity index (χ2n) is 8.89. The summed E-state index contributed by atoms with van der Waals surface area (Å²) in [6.07, 6.45) is 4.83. The quantitative estimate of drug-likeness (QED) is 0.384. The van der Waals surface area contributed by atoms with Crippen LogP contribution in [0.25, 0.3) is 11.1 Å². The van der Waals surface area contributed by atoms with E-state index < -0.39 is 22.0 Å². The van der Waals surface area contributed by atoms with Gasteiger partial charge in [0.25, 0.3) is 5.91 Å². The van der Waals surface area contributed by atoms with Crippen molar-refractivity contribution in [2.75, 3.05) is 18.8 Å². The smallest absolute Gasteiger partial charge is 0.264 e. The van der Waals surface area contributed by atoms with Gasteiger partial charge in [0.15, 0.2) is 0 Å². The van der Waals surface area contributed by atoms with E-state index in [1.807, 2.05) is 24.3 Å². The number of pyridine rings is 1. The zero-order valence-corrected chi connectivity index (χ0v) is 21.0. The summed E-state index contributed by atoms with van der Waals surface area (Å²) in [5.41, 5.74) is 3.91.